The first-order valence-corrected chi connectivity index (χ1v) is 10.8. The van der Waals surface area contributed by atoms with Crippen LogP contribution in [0.25, 0.3) is 11.1 Å². The van der Waals surface area contributed by atoms with E-state index < -0.39 is 16.0 Å². The van der Waals surface area contributed by atoms with Crippen molar-refractivity contribution in [2.45, 2.75) is 11.8 Å². The molecule has 1 aromatic heterocycles. The molecule has 28 heavy (non-hydrogen) atoms. The highest BCUT2D eigenvalue weighted by atomic mass is 32.2. The van der Waals surface area contributed by atoms with Gasteiger partial charge >= 0.3 is 5.97 Å². The molecule has 0 saturated heterocycles. The number of ether oxygens (including phenoxy) is 2. The van der Waals surface area contributed by atoms with Crippen molar-refractivity contribution in [3.8, 4) is 16.9 Å². The van der Waals surface area contributed by atoms with Crippen LogP contribution in [0.1, 0.15) is 16.6 Å². The molecule has 146 valence electrons. The van der Waals surface area contributed by atoms with Crippen LogP contribution in [0.2, 0.25) is 0 Å². The number of sulfonamides is 1. The zero-order valence-electron chi connectivity index (χ0n) is 15.3. The van der Waals surface area contributed by atoms with E-state index in [-0.39, 0.29) is 22.1 Å². The fourth-order valence-corrected chi connectivity index (χ4v) is 5.46. The minimum absolute atomic E-state index is 0.0306. The van der Waals surface area contributed by atoms with Gasteiger partial charge in [0.2, 0.25) is 0 Å². The number of thiophene rings is 1. The zero-order valence-corrected chi connectivity index (χ0v) is 17.0. The molecule has 0 aliphatic carbocycles. The number of rotatable bonds is 7. The maximum Gasteiger partial charge on any atom is 0.349 e. The molecule has 0 amide bonds. The van der Waals surface area contributed by atoms with Gasteiger partial charge in [0.25, 0.3) is 10.0 Å². The number of carbonyl (C=O) groups is 1. The van der Waals surface area contributed by atoms with Crippen molar-refractivity contribution in [2.24, 2.45) is 0 Å². The Kier molecular flexibility index (Phi) is 6.01. The van der Waals surface area contributed by atoms with Crippen LogP contribution in [0.15, 0.2) is 64.9 Å². The lowest BCUT2D eigenvalue weighted by Gasteiger charge is -2.13. The summed E-state index contributed by atoms with van der Waals surface area (Å²) in [6.07, 6.45) is 0. The highest BCUT2D eigenvalue weighted by Crippen LogP contribution is 2.37. The molecular weight excluding hydrogens is 398 g/mol. The summed E-state index contributed by atoms with van der Waals surface area (Å²) in [6.45, 7) is 1.82. The molecule has 8 heteroatoms. The first-order valence-electron chi connectivity index (χ1n) is 8.47. The Hall–Kier alpha value is -2.84. The van der Waals surface area contributed by atoms with Crippen LogP contribution >= 0.6 is 11.3 Å². The molecule has 0 atom stereocenters. The first kappa shape index (κ1) is 19.9. The summed E-state index contributed by atoms with van der Waals surface area (Å²) in [5.41, 5.74) is 1.41. The standard InChI is InChI=1S/C20H19NO5S2/c1-3-26-20(22)18-19(15(13-27-18)14-9-5-4-6-10-14)28(23,24)21-16-11-7-8-12-17(16)25-2/h4-13,21H,3H2,1-2H3. The van der Waals surface area contributed by atoms with Gasteiger partial charge in [-0.15, -0.1) is 11.3 Å². The lowest BCUT2D eigenvalue weighted by molar-refractivity contribution is 0.0528. The van der Waals surface area contributed by atoms with Crippen LogP contribution in [-0.2, 0) is 14.8 Å². The summed E-state index contributed by atoms with van der Waals surface area (Å²) in [7, 11) is -2.64. The molecule has 0 unspecified atom stereocenters. The normalized spacial score (nSPS) is 11.1. The van der Waals surface area contributed by atoms with E-state index in [2.05, 4.69) is 4.72 Å². The molecule has 0 fully saturated rings. The van der Waals surface area contributed by atoms with Crippen LogP contribution in [0.4, 0.5) is 5.69 Å². The van der Waals surface area contributed by atoms with Crippen molar-refractivity contribution in [3.05, 3.63) is 64.9 Å². The Morgan fingerprint density at radius 2 is 1.75 bits per heavy atom. The molecule has 1 heterocycles. The summed E-state index contributed by atoms with van der Waals surface area (Å²) in [4.78, 5) is 12.3. The number of hydrogen-bond donors (Lipinski definition) is 1. The molecule has 6 nitrogen and oxygen atoms in total. The summed E-state index contributed by atoms with van der Waals surface area (Å²) < 4.78 is 39.4. The molecule has 0 bridgehead atoms. The highest BCUT2D eigenvalue weighted by Gasteiger charge is 2.30. The summed E-state index contributed by atoms with van der Waals surface area (Å²) in [5.74, 6) is -0.296. The number of methoxy groups -OCH3 is 1. The second-order valence-corrected chi connectivity index (χ2v) is 8.20. The van der Waals surface area contributed by atoms with Gasteiger partial charge in [-0.05, 0) is 24.6 Å². The van der Waals surface area contributed by atoms with E-state index >= 15 is 0 Å². The van der Waals surface area contributed by atoms with Crippen LogP contribution in [0.3, 0.4) is 0 Å². The Bertz CT molecular complexity index is 1070. The Balaban J connectivity index is 2.14. The van der Waals surface area contributed by atoms with E-state index in [1.807, 2.05) is 6.07 Å². The van der Waals surface area contributed by atoms with Crippen molar-refractivity contribution in [1.29, 1.82) is 0 Å². The SMILES string of the molecule is CCOC(=O)c1scc(-c2ccccc2)c1S(=O)(=O)Nc1ccccc1OC. The Labute approximate surface area is 167 Å². The van der Waals surface area contributed by atoms with E-state index in [9.17, 15) is 13.2 Å². The van der Waals surface area contributed by atoms with Crippen molar-refractivity contribution in [2.75, 3.05) is 18.4 Å². The molecule has 2 aromatic carbocycles. The van der Waals surface area contributed by atoms with Gasteiger partial charge in [0, 0.05) is 10.9 Å². The number of benzene rings is 2. The van der Waals surface area contributed by atoms with Gasteiger partial charge in [0.15, 0.2) is 0 Å². The number of nitrogens with one attached hydrogen (secondary N) is 1. The Morgan fingerprint density at radius 1 is 1.07 bits per heavy atom. The topological polar surface area (TPSA) is 81.7 Å². The Morgan fingerprint density at radius 3 is 2.43 bits per heavy atom. The predicted octanol–water partition coefficient (Wildman–Crippen LogP) is 4.40. The van der Waals surface area contributed by atoms with Crippen LogP contribution in [0.5, 0.6) is 5.75 Å². The summed E-state index contributed by atoms with van der Waals surface area (Å²) >= 11 is 1.04. The summed E-state index contributed by atoms with van der Waals surface area (Å²) in [5, 5.41) is 1.65. The molecular formula is C20H19NO5S2. The fraction of sp³-hybridized carbons (Fsp3) is 0.150. The number of para-hydroxylation sites is 2. The van der Waals surface area contributed by atoms with Gasteiger partial charge in [-0.3, -0.25) is 4.72 Å². The minimum Gasteiger partial charge on any atom is -0.495 e. The van der Waals surface area contributed by atoms with E-state index in [0.717, 1.165) is 11.3 Å². The smallest absolute Gasteiger partial charge is 0.349 e. The number of esters is 1. The van der Waals surface area contributed by atoms with E-state index in [1.54, 1.807) is 60.8 Å². The average Bonchev–Trinajstić information content (AvgIpc) is 3.15. The second kappa shape index (κ2) is 8.45. The van der Waals surface area contributed by atoms with Crippen LogP contribution < -0.4 is 9.46 Å². The summed E-state index contributed by atoms with van der Waals surface area (Å²) in [6, 6.07) is 15.7. The maximum absolute atomic E-state index is 13.3. The molecule has 0 aliphatic rings. The highest BCUT2D eigenvalue weighted by molar-refractivity contribution is 7.93. The maximum atomic E-state index is 13.3. The molecule has 0 saturated carbocycles. The van der Waals surface area contributed by atoms with Gasteiger partial charge in [0.05, 0.1) is 19.4 Å². The van der Waals surface area contributed by atoms with E-state index in [4.69, 9.17) is 9.47 Å². The van der Waals surface area contributed by atoms with Gasteiger partial charge in [0.1, 0.15) is 15.5 Å². The number of carbonyl (C=O) groups excluding carboxylic acids is 1. The lowest BCUT2D eigenvalue weighted by atomic mass is 10.1. The largest absolute Gasteiger partial charge is 0.495 e. The van der Waals surface area contributed by atoms with Crippen molar-refractivity contribution < 1.29 is 22.7 Å². The quantitative estimate of drug-likeness (QED) is 0.576. The third-order valence-corrected chi connectivity index (χ3v) is 6.45. The fourth-order valence-electron chi connectivity index (χ4n) is 2.69. The van der Waals surface area contributed by atoms with Gasteiger partial charge in [-0.25, -0.2) is 13.2 Å². The van der Waals surface area contributed by atoms with Crippen molar-refractivity contribution in [1.82, 2.24) is 0 Å². The molecule has 0 aliphatic heterocycles. The molecule has 3 rings (SSSR count). The van der Waals surface area contributed by atoms with Gasteiger partial charge in [-0.1, -0.05) is 42.5 Å². The van der Waals surface area contributed by atoms with Gasteiger partial charge in [-0.2, -0.15) is 0 Å². The minimum atomic E-state index is -4.10. The van der Waals surface area contributed by atoms with Gasteiger partial charge < -0.3 is 9.47 Å². The van der Waals surface area contributed by atoms with E-state index in [0.29, 0.717) is 16.9 Å². The molecule has 0 spiro atoms. The molecule has 1 N–H and O–H groups in total. The number of anilines is 1. The first-order chi connectivity index (χ1) is 13.5. The molecule has 3 aromatic rings. The lowest BCUT2D eigenvalue weighted by Crippen LogP contribution is -2.17. The van der Waals surface area contributed by atoms with Crippen LogP contribution in [0, 0.1) is 0 Å². The van der Waals surface area contributed by atoms with E-state index in [1.165, 1.54) is 7.11 Å². The second-order valence-electron chi connectivity index (χ2n) is 5.70. The third kappa shape index (κ3) is 4.02. The van der Waals surface area contributed by atoms with Crippen LogP contribution in [-0.4, -0.2) is 28.1 Å². The predicted molar refractivity (Wildman–Crippen MR) is 110 cm³/mol. The third-order valence-electron chi connectivity index (χ3n) is 3.91. The monoisotopic (exact) mass is 417 g/mol. The molecule has 0 radical (unpaired) electrons. The zero-order chi connectivity index (χ0) is 20.1. The average molecular weight is 418 g/mol. The van der Waals surface area contributed by atoms with Crippen molar-refractivity contribution in [3.63, 3.8) is 0 Å². The van der Waals surface area contributed by atoms with Crippen molar-refractivity contribution >= 4 is 33.0 Å². The number of hydrogen-bond acceptors (Lipinski definition) is 6.